The zero-order valence-electron chi connectivity index (χ0n) is 11.9. The first-order valence-corrected chi connectivity index (χ1v) is 7.30. The Morgan fingerprint density at radius 2 is 2.00 bits per heavy atom. The van der Waals surface area contributed by atoms with Crippen LogP contribution in [0.5, 0.6) is 5.75 Å². The maximum Gasteiger partial charge on any atom is 0.262 e. The molecule has 0 saturated carbocycles. The van der Waals surface area contributed by atoms with Gasteiger partial charge in [-0.2, -0.15) is 0 Å². The molecule has 2 rings (SSSR count). The lowest BCUT2D eigenvalue weighted by atomic mass is 10.1. The van der Waals surface area contributed by atoms with Crippen molar-refractivity contribution >= 4 is 33.2 Å². The minimum Gasteiger partial charge on any atom is -0.482 e. The fraction of sp³-hybridized carbons (Fsp3) is 0.188. The summed E-state index contributed by atoms with van der Waals surface area (Å²) in [6.07, 6.45) is 0. The minimum absolute atomic E-state index is 0.0893. The highest BCUT2D eigenvalue weighted by molar-refractivity contribution is 9.10. The fourth-order valence-electron chi connectivity index (χ4n) is 2.00. The summed E-state index contributed by atoms with van der Waals surface area (Å²) in [7, 11) is 0. The molecule has 1 amide bonds. The predicted octanol–water partition coefficient (Wildman–Crippen LogP) is 3.67. The number of hydrogen-bond acceptors (Lipinski definition) is 3. The first-order chi connectivity index (χ1) is 9.97. The maximum atomic E-state index is 12.0. The molecule has 0 fully saturated rings. The SMILES string of the molecule is Cc1cc(C)c(NC(=O)COc2ccccc2N)c(Br)c1. The number of amides is 1. The quantitative estimate of drug-likeness (QED) is 0.828. The maximum absolute atomic E-state index is 12.0. The Labute approximate surface area is 132 Å². The minimum atomic E-state index is -0.231. The normalized spacial score (nSPS) is 10.2. The topological polar surface area (TPSA) is 64.3 Å². The molecular weight excluding hydrogens is 332 g/mol. The molecule has 3 N–H and O–H groups in total. The molecule has 0 heterocycles. The summed E-state index contributed by atoms with van der Waals surface area (Å²) < 4.78 is 6.28. The van der Waals surface area contributed by atoms with Gasteiger partial charge in [-0.05, 0) is 59.1 Å². The van der Waals surface area contributed by atoms with Crippen LogP contribution in [0.4, 0.5) is 11.4 Å². The summed E-state index contributed by atoms with van der Waals surface area (Å²) in [6, 6.07) is 11.1. The van der Waals surface area contributed by atoms with Crippen molar-refractivity contribution in [2.24, 2.45) is 0 Å². The molecule has 0 aliphatic carbocycles. The van der Waals surface area contributed by atoms with E-state index in [1.165, 1.54) is 0 Å². The number of carbonyl (C=O) groups is 1. The molecule has 21 heavy (non-hydrogen) atoms. The highest BCUT2D eigenvalue weighted by atomic mass is 79.9. The number of aryl methyl sites for hydroxylation is 2. The number of benzene rings is 2. The number of anilines is 2. The average Bonchev–Trinajstić information content (AvgIpc) is 2.42. The van der Waals surface area contributed by atoms with Gasteiger partial charge in [0.2, 0.25) is 0 Å². The first-order valence-electron chi connectivity index (χ1n) is 6.51. The summed E-state index contributed by atoms with van der Waals surface area (Å²) in [5.74, 6) is 0.276. The summed E-state index contributed by atoms with van der Waals surface area (Å²) in [4.78, 5) is 12.0. The summed E-state index contributed by atoms with van der Waals surface area (Å²) in [5.41, 5.74) is 9.16. The molecule has 4 nitrogen and oxygen atoms in total. The molecule has 0 bridgehead atoms. The second-order valence-corrected chi connectivity index (χ2v) is 5.67. The Balaban J connectivity index is 2.01. The average molecular weight is 349 g/mol. The monoisotopic (exact) mass is 348 g/mol. The third-order valence-electron chi connectivity index (χ3n) is 2.97. The Bertz CT molecular complexity index is 648. The van der Waals surface area contributed by atoms with Crippen LogP contribution in [-0.2, 0) is 4.79 Å². The van der Waals surface area contributed by atoms with E-state index >= 15 is 0 Å². The summed E-state index contributed by atoms with van der Waals surface area (Å²) in [5, 5.41) is 2.84. The number of para-hydroxylation sites is 2. The van der Waals surface area contributed by atoms with E-state index in [4.69, 9.17) is 10.5 Å². The van der Waals surface area contributed by atoms with Gasteiger partial charge in [-0.3, -0.25) is 4.79 Å². The van der Waals surface area contributed by atoms with Crippen molar-refractivity contribution in [1.29, 1.82) is 0 Å². The Morgan fingerprint density at radius 3 is 2.67 bits per heavy atom. The van der Waals surface area contributed by atoms with E-state index in [0.29, 0.717) is 11.4 Å². The van der Waals surface area contributed by atoms with Crippen LogP contribution in [0.1, 0.15) is 11.1 Å². The highest BCUT2D eigenvalue weighted by Crippen LogP contribution is 2.27. The molecule has 5 heteroatoms. The lowest BCUT2D eigenvalue weighted by Crippen LogP contribution is -2.21. The van der Waals surface area contributed by atoms with Crippen LogP contribution in [0, 0.1) is 13.8 Å². The third-order valence-corrected chi connectivity index (χ3v) is 3.60. The van der Waals surface area contributed by atoms with Crippen LogP contribution in [0.15, 0.2) is 40.9 Å². The Hall–Kier alpha value is -2.01. The van der Waals surface area contributed by atoms with Crippen LogP contribution < -0.4 is 15.8 Å². The Morgan fingerprint density at radius 1 is 1.29 bits per heavy atom. The van der Waals surface area contributed by atoms with Crippen molar-refractivity contribution in [2.75, 3.05) is 17.7 Å². The van der Waals surface area contributed by atoms with Gasteiger partial charge in [-0.15, -0.1) is 0 Å². The molecular formula is C16H17BrN2O2. The zero-order chi connectivity index (χ0) is 15.4. The van der Waals surface area contributed by atoms with Crippen LogP contribution in [0.3, 0.4) is 0 Å². The first kappa shape index (κ1) is 15.4. The summed E-state index contributed by atoms with van der Waals surface area (Å²) >= 11 is 3.46. The van der Waals surface area contributed by atoms with Crippen molar-refractivity contribution in [3.8, 4) is 5.75 Å². The van der Waals surface area contributed by atoms with Gasteiger partial charge in [0.05, 0.1) is 11.4 Å². The lowest BCUT2D eigenvalue weighted by Gasteiger charge is -2.13. The van der Waals surface area contributed by atoms with Gasteiger partial charge in [0.1, 0.15) is 5.75 Å². The van der Waals surface area contributed by atoms with Gasteiger partial charge < -0.3 is 15.8 Å². The molecule has 2 aromatic carbocycles. The number of ether oxygens (including phenoxy) is 1. The van der Waals surface area contributed by atoms with Crippen molar-refractivity contribution in [3.63, 3.8) is 0 Å². The fourth-order valence-corrected chi connectivity index (χ4v) is 2.78. The molecule has 0 saturated heterocycles. The van der Waals surface area contributed by atoms with Gasteiger partial charge in [-0.1, -0.05) is 18.2 Å². The summed E-state index contributed by atoms with van der Waals surface area (Å²) in [6.45, 7) is 3.86. The largest absolute Gasteiger partial charge is 0.482 e. The second kappa shape index (κ2) is 6.63. The number of rotatable bonds is 4. The van der Waals surface area contributed by atoms with Gasteiger partial charge >= 0.3 is 0 Å². The number of hydrogen-bond donors (Lipinski definition) is 2. The van der Waals surface area contributed by atoms with Crippen molar-refractivity contribution in [3.05, 3.63) is 52.0 Å². The molecule has 0 aliphatic rings. The van der Waals surface area contributed by atoms with E-state index in [-0.39, 0.29) is 12.5 Å². The third kappa shape index (κ3) is 3.98. The predicted molar refractivity (Wildman–Crippen MR) is 88.6 cm³/mol. The van der Waals surface area contributed by atoms with Gasteiger partial charge in [-0.25, -0.2) is 0 Å². The van der Waals surface area contributed by atoms with Crippen molar-refractivity contribution in [2.45, 2.75) is 13.8 Å². The smallest absolute Gasteiger partial charge is 0.262 e. The van der Waals surface area contributed by atoms with Gasteiger partial charge in [0.15, 0.2) is 6.61 Å². The van der Waals surface area contributed by atoms with Crippen LogP contribution in [0.2, 0.25) is 0 Å². The van der Waals surface area contributed by atoms with E-state index < -0.39 is 0 Å². The number of nitrogens with one attached hydrogen (secondary N) is 1. The number of nitrogen functional groups attached to an aromatic ring is 1. The van der Waals surface area contributed by atoms with Crippen LogP contribution >= 0.6 is 15.9 Å². The lowest BCUT2D eigenvalue weighted by molar-refractivity contribution is -0.118. The molecule has 2 aromatic rings. The number of halogens is 1. The van der Waals surface area contributed by atoms with E-state index in [1.807, 2.05) is 38.1 Å². The molecule has 0 spiro atoms. The van der Waals surface area contributed by atoms with Crippen LogP contribution in [-0.4, -0.2) is 12.5 Å². The standard InChI is InChI=1S/C16H17BrN2O2/c1-10-7-11(2)16(12(17)8-10)19-15(20)9-21-14-6-4-3-5-13(14)18/h3-8H,9,18H2,1-2H3,(H,19,20). The molecule has 110 valence electrons. The second-order valence-electron chi connectivity index (χ2n) is 4.81. The van der Waals surface area contributed by atoms with Gasteiger partial charge in [0.25, 0.3) is 5.91 Å². The van der Waals surface area contributed by atoms with Gasteiger partial charge in [0, 0.05) is 4.47 Å². The molecule has 0 aliphatic heterocycles. The number of nitrogens with two attached hydrogens (primary N) is 1. The van der Waals surface area contributed by atoms with E-state index in [1.54, 1.807) is 12.1 Å². The molecule has 0 unspecified atom stereocenters. The van der Waals surface area contributed by atoms with E-state index in [2.05, 4.69) is 21.2 Å². The molecule has 0 radical (unpaired) electrons. The van der Waals surface area contributed by atoms with E-state index in [9.17, 15) is 4.79 Å². The Kier molecular flexibility index (Phi) is 4.85. The highest BCUT2D eigenvalue weighted by Gasteiger charge is 2.10. The number of carbonyl (C=O) groups excluding carboxylic acids is 1. The van der Waals surface area contributed by atoms with E-state index in [0.717, 1.165) is 21.3 Å². The molecule has 0 atom stereocenters. The van der Waals surface area contributed by atoms with Crippen LogP contribution in [0.25, 0.3) is 0 Å². The zero-order valence-corrected chi connectivity index (χ0v) is 13.5. The molecule has 0 aromatic heterocycles. The van der Waals surface area contributed by atoms with Crippen molar-refractivity contribution < 1.29 is 9.53 Å². The van der Waals surface area contributed by atoms with Crippen molar-refractivity contribution in [1.82, 2.24) is 0 Å².